The van der Waals surface area contributed by atoms with Gasteiger partial charge in [0.15, 0.2) is 5.75 Å². The first-order valence-corrected chi connectivity index (χ1v) is 7.36. The molecule has 1 aromatic rings. The zero-order valence-electron chi connectivity index (χ0n) is 11.3. The number of nitrogens with one attached hydrogen (secondary N) is 1. The van der Waals surface area contributed by atoms with Gasteiger partial charge in [-0.25, -0.2) is 0 Å². The summed E-state index contributed by atoms with van der Waals surface area (Å²) in [5.74, 6) is 0.600. The van der Waals surface area contributed by atoms with Crippen LogP contribution in [0.4, 0.5) is 5.69 Å². The minimum atomic E-state index is -0.0548. The summed E-state index contributed by atoms with van der Waals surface area (Å²) in [5.41, 5.74) is 0.860. The van der Waals surface area contributed by atoms with Crippen LogP contribution in [0.2, 0.25) is 10.0 Å². The van der Waals surface area contributed by atoms with E-state index in [4.69, 9.17) is 23.2 Å². The number of benzene rings is 1. The minimum Gasteiger partial charge on any atom is -0.505 e. The van der Waals surface area contributed by atoms with Gasteiger partial charge in [0.1, 0.15) is 0 Å². The molecule has 1 saturated heterocycles. The summed E-state index contributed by atoms with van der Waals surface area (Å²) in [6.07, 6.45) is 2.40. The van der Waals surface area contributed by atoms with Crippen molar-refractivity contribution in [3.05, 3.63) is 22.2 Å². The molecule has 2 rings (SSSR count). The fourth-order valence-electron chi connectivity index (χ4n) is 2.56. The Kier molecular flexibility index (Phi) is 4.82. The zero-order valence-corrected chi connectivity index (χ0v) is 12.8. The number of hydrogen-bond donors (Lipinski definition) is 2. The Labute approximate surface area is 124 Å². The summed E-state index contributed by atoms with van der Waals surface area (Å²) in [5, 5.41) is 13.5. The van der Waals surface area contributed by atoms with E-state index in [2.05, 4.69) is 24.2 Å². The van der Waals surface area contributed by atoms with Crippen LogP contribution < -0.4 is 5.32 Å². The van der Waals surface area contributed by atoms with Gasteiger partial charge in [-0.3, -0.25) is 0 Å². The molecule has 2 N–H and O–H groups in total. The van der Waals surface area contributed by atoms with Crippen molar-refractivity contribution in [2.24, 2.45) is 5.92 Å². The Morgan fingerprint density at radius 2 is 1.79 bits per heavy atom. The Morgan fingerprint density at radius 1 is 1.26 bits per heavy atom. The molecule has 19 heavy (non-hydrogen) atoms. The largest absolute Gasteiger partial charge is 0.505 e. The molecule has 1 aliphatic heterocycles. The molecule has 106 valence electrons. The Bertz CT molecular complexity index is 422. The summed E-state index contributed by atoms with van der Waals surface area (Å²) in [7, 11) is 2.16. The number of phenolic OH excluding ortho intramolecular Hbond substituents is 1. The fraction of sp³-hybridized carbons (Fsp3) is 0.571. The van der Waals surface area contributed by atoms with Crippen LogP contribution in [0.1, 0.15) is 19.8 Å². The van der Waals surface area contributed by atoms with Crippen molar-refractivity contribution < 1.29 is 5.11 Å². The lowest BCUT2D eigenvalue weighted by molar-refractivity contribution is 0.208. The second-order valence-corrected chi connectivity index (χ2v) is 6.18. The van der Waals surface area contributed by atoms with Gasteiger partial charge in [-0.1, -0.05) is 23.2 Å². The molecule has 1 aliphatic rings. The van der Waals surface area contributed by atoms with Crippen LogP contribution in [0, 0.1) is 5.92 Å². The maximum Gasteiger partial charge on any atom is 0.152 e. The van der Waals surface area contributed by atoms with Crippen LogP contribution >= 0.6 is 23.2 Å². The standard InChI is InChI=1S/C14H20Cl2N2O/c1-9(10-3-5-18(2)6-4-10)17-11-7-12(15)14(19)13(16)8-11/h7-10,17,19H,3-6H2,1-2H3. The highest BCUT2D eigenvalue weighted by Gasteiger charge is 2.22. The van der Waals surface area contributed by atoms with Gasteiger partial charge in [0.05, 0.1) is 10.0 Å². The highest BCUT2D eigenvalue weighted by atomic mass is 35.5. The lowest BCUT2D eigenvalue weighted by Crippen LogP contribution is -2.37. The lowest BCUT2D eigenvalue weighted by Gasteiger charge is -2.33. The predicted octanol–water partition coefficient (Wildman–Crippen LogP) is 3.84. The Morgan fingerprint density at radius 3 is 2.32 bits per heavy atom. The monoisotopic (exact) mass is 302 g/mol. The third-order valence-corrected chi connectivity index (χ3v) is 4.46. The van der Waals surface area contributed by atoms with E-state index in [1.54, 1.807) is 12.1 Å². The van der Waals surface area contributed by atoms with Crippen molar-refractivity contribution in [1.29, 1.82) is 0 Å². The zero-order chi connectivity index (χ0) is 14.0. The minimum absolute atomic E-state index is 0.0548. The van der Waals surface area contributed by atoms with E-state index in [-0.39, 0.29) is 15.8 Å². The van der Waals surface area contributed by atoms with E-state index in [9.17, 15) is 5.11 Å². The smallest absolute Gasteiger partial charge is 0.152 e. The summed E-state index contributed by atoms with van der Waals surface area (Å²) in [6, 6.07) is 3.80. The van der Waals surface area contributed by atoms with Crippen LogP contribution in [-0.2, 0) is 0 Å². The maximum absolute atomic E-state index is 9.55. The number of anilines is 1. The maximum atomic E-state index is 9.55. The van der Waals surface area contributed by atoms with Crippen molar-refractivity contribution in [3.63, 3.8) is 0 Å². The lowest BCUT2D eigenvalue weighted by atomic mass is 9.90. The van der Waals surface area contributed by atoms with Gasteiger partial charge < -0.3 is 15.3 Å². The van der Waals surface area contributed by atoms with Crippen LogP contribution in [-0.4, -0.2) is 36.2 Å². The number of aromatic hydroxyl groups is 1. The first-order chi connectivity index (χ1) is 8.97. The van der Waals surface area contributed by atoms with E-state index >= 15 is 0 Å². The van der Waals surface area contributed by atoms with Crippen LogP contribution in [0.15, 0.2) is 12.1 Å². The molecule has 0 amide bonds. The van der Waals surface area contributed by atoms with Crippen molar-refractivity contribution in [2.75, 3.05) is 25.5 Å². The Balaban J connectivity index is 2.00. The van der Waals surface area contributed by atoms with Gasteiger partial charge in [-0.2, -0.15) is 0 Å². The number of hydrogen-bond acceptors (Lipinski definition) is 3. The molecule has 0 radical (unpaired) electrons. The average Bonchev–Trinajstić information content (AvgIpc) is 2.36. The molecule has 1 atom stereocenters. The SMILES string of the molecule is CC(Nc1cc(Cl)c(O)c(Cl)c1)C1CCN(C)CC1. The third-order valence-electron chi connectivity index (χ3n) is 3.88. The molecule has 5 heteroatoms. The van der Waals surface area contributed by atoms with Crippen molar-refractivity contribution in [2.45, 2.75) is 25.8 Å². The normalized spacial score (nSPS) is 19.4. The summed E-state index contributed by atoms with van der Waals surface area (Å²) in [4.78, 5) is 2.36. The van der Waals surface area contributed by atoms with Gasteiger partial charge in [0, 0.05) is 11.7 Å². The summed E-state index contributed by atoms with van der Waals surface area (Å²) >= 11 is 11.9. The fourth-order valence-corrected chi connectivity index (χ4v) is 3.05. The van der Waals surface area contributed by atoms with Gasteiger partial charge in [0.25, 0.3) is 0 Å². The molecule has 0 bridgehead atoms. The molecular weight excluding hydrogens is 283 g/mol. The van der Waals surface area contributed by atoms with E-state index in [1.807, 2.05) is 0 Å². The first-order valence-electron chi connectivity index (χ1n) is 6.60. The molecule has 1 heterocycles. The molecule has 1 fully saturated rings. The number of likely N-dealkylation sites (tertiary alicyclic amines) is 1. The number of rotatable bonds is 3. The molecule has 1 aromatic carbocycles. The topological polar surface area (TPSA) is 35.5 Å². The van der Waals surface area contributed by atoms with Crippen molar-refractivity contribution in [1.82, 2.24) is 4.90 Å². The first kappa shape index (κ1) is 14.8. The molecule has 0 aliphatic carbocycles. The molecule has 0 spiro atoms. The number of halogens is 2. The molecule has 1 unspecified atom stereocenters. The second-order valence-electron chi connectivity index (χ2n) is 5.36. The van der Waals surface area contributed by atoms with E-state index in [0.29, 0.717) is 12.0 Å². The quantitative estimate of drug-likeness (QED) is 0.833. The van der Waals surface area contributed by atoms with Gasteiger partial charge in [0.2, 0.25) is 0 Å². The van der Waals surface area contributed by atoms with Crippen molar-refractivity contribution >= 4 is 28.9 Å². The van der Waals surface area contributed by atoms with Gasteiger partial charge in [-0.15, -0.1) is 0 Å². The number of phenols is 1. The van der Waals surface area contributed by atoms with E-state index in [0.717, 1.165) is 18.8 Å². The van der Waals surface area contributed by atoms with Gasteiger partial charge in [-0.05, 0) is 58.0 Å². The summed E-state index contributed by atoms with van der Waals surface area (Å²) in [6.45, 7) is 4.48. The van der Waals surface area contributed by atoms with Gasteiger partial charge >= 0.3 is 0 Å². The average molecular weight is 303 g/mol. The Hall–Kier alpha value is -0.640. The summed E-state index contributed by atoms with van der Waals surface area (Å²) < 4.78 is 0. The van der Waals surface area contributed by atoms with Crippen LogP contribution in [0.5, 0.6) is 5.75 Å². The second kappa shape index (κ2) is 6.21. The third kappa shape index (κ3) is 3.68. The van der Waals surface area contributed by atoms with Crippen molar-refractivity contribution in [3.8, 4) is 5.75 Å². The molecule has 0 saturated carbocycles. The molecule has 3 nitrogen and oxygen atoms in total. The van der Waals surface area contributed by atoms with Crippen LogP contribution in [0.25, 0.3) is 0 Å². The predicted molar refractivity (Wildman–Crippen MR) is 81.4 cm³/mol. The van der Waals surface area contributed by atoms with E-state index < -0.39 is 0 Å². The highest BCUT2D eigenvalue weighted by Crippen LogP contribution is 2.35. The number of piperidine rings is 1. The highest BCUT2D eigenvalue weighted by molar-refractivity contribution is 6.37. The molecule has 0 aromatic heterocycles. The number of nitrogens with zero attached hydrogens (tertiary/aromatic N) is 1. The van der Waals surface area contributed by atoms with Crippen LogP contribution in [0.3, 0.4) is 0 Å². The van der Waals surface area contributed by atoms with E-state index in [1.165, 1.54) is 12.8 Å². The molecular formula is C14H20Cl2N2O.